The summed E-state index contributed by atoms with van der Waals surface area (Å²) in [6, 6.07) is 3.57. The summed E-state index contributed by atoms with van der Waals surface area (Å²) < 4.78 is 38.9. The molecular weight excluding hydrogens is 329 g/mol. The standard InChI is InChI=1S/C16H20ClF3N2O/c1-11-5-8-22(9-6-11)15(23)4-7-21-14-3-2-12(17)10-13(14)16(18,19)20/h2-3,10-11,21H,4-9H2,1H3. The molecule has 0 saturated carbocycles. The Balaban J connectivity index is 1.90. The number of alkyl halides is 3. The molecule has 1 aromatic carbocycles. The summed E-state index contributed by atoms with van der Waals surface area (Å²) in [6.45, 7) is 3.78. The van der Waals surface area contributed by atoms with Gasteiger partial charge < -0.3 is 10.2 Å². The third-order valence-electron chi connectivity index (χ3n) is 4.08. The van der Waals surface area contributed by atoms with E-state index in [1.54, 1.807) is 4.90 Å². The molecule has 1 N–H and O–H groups in total. The first-order chi connectivity index (χ1) is 10.8. The third kappa shape index (κ3) is 5.03. The van der Waals surface area contributed by atoms with E-state index in [2.05, 4.69) is 12.2 Å². The molecular formula is C16H20ClF3N2O. The second kappa shape index (κ2) is 7.43. The maximum Gasteiger partial charge on any atom is 0.418 e. The molecule has 23 heavy (non-hydrogen) atoms. The lowest BCUT2D eigenvalue weighted by Crippen LogP contribution is -2.38. The van der Waals surface area contributed by atoms with Crippen LogP contribution in [-0.4, -0.2) is 30.4 Å². The fourth-order valence-electron chi connectivity index (χ4n) is 2.63. The van der Waals surface area contributed by atoms with Gasteiger partial charge in [-0.05, 0) is 37.0 Å². The monoisotopic (exact) mass is 348 g/mol. The molecule has 1 aliphatic rings. The molecule has 2 rings (SSSR count). The van der Waals surface area contributed by atoms with Gasteiger partial charge in [0.15, 0.2) is 0 Å². The highest BCUT2D eigenvalue weighted by Crippen LogP contribution is 2.36. The average Bonchev–Trinajstić information content (AvgIpc) is 2.48. The number of amides is 1. The van der Waals surface area contributed by atoms with E-state index in [1.807, 2.05) is 0 Å². The van der Waals surface area contributed by atoms with Gasteiger partial charge in [-0.25, -0.2) is 0 Å². The van der Waals surface area contributed by atoms with Gasteiger partial charge in [0.1, 0.15) is 0 Å². The van der Waals surface area contributed by atoms with Crippen molar-refractivity contribution in [2.75, 3.05) is 25.0 Å². The van der Waals surface area contributed by atoms with E-state index in [-0.39, 0.29) is 29.6 Å². The fourth-order valence-corrected chi connectivity index (χ4v) is 2.80. The third-order valence-corrected chi connectivity index (χ3v) is 4.31. The van der Waals surface area contributed by atoms with Gasteiger partial charge in [0.25, 0.3) is 0 Å². The van der Waals surface area contributed by atoms with Crippen LogP contribution in [0.5, 0.6) is 0 Å². The van der Waals surface area contributed by atoms with Crippen molar-refractivity contribution in [3.63, 3.8) is 0 Å². The van der Waals surface area contributed by atoms with E-state index in [4.69, 9.17) is 11.6 Å². The molecule has 0 unspecified atom stereocenters. The summed E-state index contributed by atoms with van der Waals surface area (Å²) in [5.74, 6) is 0.604. The number of benzene rings is 1. The summed E-state index contributed by atoms with van der Waals surface area (Å²) in [7, 11) is 0. The van der Waals surface area contributed by atoms with Crippen LogP contribution in [0.3, 0.4) is 0 Å². The maximum atomic E-state index is 13.0. The normalized spacial score (nSPS) is 16.5. The van der Waals surface area contributed by atoms with E-state index in [0.29, 0.717) is 5.92 Å². The summed E-state index contributed by atoms with van der Waals surface area (Å²) in [5.41, 5.74) is -0.869. The van der Waals surface area contributed by atoms with Gasteiger partial charge in [-0.2, -0.15) is 13.2 Å². The van der Waals surface area contributed by atoms with Gasteiger partial charge in [-0.3, -0.25) is 4.79 Å². The van der Waals surface area contributed by atoms with Gasteiger partial charge in [0.2, 0.25) is 5.91 Å². The van der Waals surface area contributed by atoms with Crippen LogP contribution >= 0.6 is 11.6 Å². The topological polar surface area (TPSA) is 32.3 Å². The molecule has 1 aromatic rings. The number of nitrogens with one attached hydrogen (secondary N) is 1. The van der Waals surface area contributed by atoms with Crippen LogP contribution in [0.4, 0.5) is 18.9 Å². The second-order valence-electron chi connectivity index (χ2n) is 5.93. The lowest BCUT2D eigenvalue weighted by atomic mass is 9.99. The van der Waals surface area contributed by atoms with E-state index in [0.717, 1.165) is 32.0 Å². The Bertz CT molecular complexity index is 555. The van der Waals surface area contributed by atoms with E-state index < -0.39 is 11.7 Å². The van der Waals surface area contributed by atoms with Gasteiger partial charge in [0, 0.05) is 36.8 Å². The molecule has 1 heterocycles. The Morgan fingerprint density at radius 3 is 2.61 bits per heavy atom. The van der Waals surface area contributed by atoms with Crippen LogP contribution in [0.15, 0.2) is 18.2 Å². The molecule has 0 atom stereocenters. The number of nitrogens with zero attached hydrogens (tertiary/aromatic N) is 1. The number of hydrogen-bond acceptors (Lipinski definition) is 2. The van der Waals surface area contributed by atoms with Crippen molar-refractivity contribution >= 4 is 23.2 Å². The number of piperidine rings is 1. The zero-order valence-corrected chi connectivity index (χ0v) is 13.7. The number of hydrogen-bond donors (Lipinski definition) is 1. The minimum atomic E-state index is -4.49. The lowest BCUT2D eigenvalue weighted by Gasteiger charge is -2.30. The van der Waals surface area contributed by atoms with Crippen LogP contribution in [-0.2, 0) is 11.0 Å². The smallest absolute Gasteiger partial charge is 0.384 e. The molecule has 1 aliphatic heterocycles. The van der Waals surface area contributed by atoms with E-state index >= 15 is 0 Å². The van der Waals surface area contributed by atoms with Crippen molar-refractivity contribution in [3.8, 4) is 0 Å². The summed E-state index contributed by atoms with van der Waals surface area (Å²) in [5, 5.41) is 2.73. The van der Waals surface area contributed by atoms with Gasteiger partial charge >= 0.3 is 6.18 Å². The molecule has 0 aliphatic carbocycles. The highest BCUT2D eigenvalue weighted by molar-refractivity contribution is 6.30. The van der Waals surface area contributed by atoms with Crippen molar-refractivity contribution in [1.29, 1.82) is 0 Å². The first-order valence-corrected chi connectivity index (χ1v) is 8.03. The van der Waals surface area contributed by atoms with Crippen LogP contribution in [0, 0.1) is 5.92 Å². The molecule has 3 nitrogen and oxygen atoms in total. The quantitative estimate of drug-likeness (QED) is 0.873. The molecule has 0 spiro atoms. The minimum Gasteiger partial charge on any atom is -0.384 e. The van der Waals surface area contributed by atoms with Crippen LogP contribution in [0.25, 0.3) is 0 Å². The van der Waals surface area contributed by atoms with Crippen molar-refractivity contribution in [1.82, 2.24) is 4.90 Å². The minimum absolute atomic E-state index is 0.0214. The molecule has 1 amide bonds. The van der Waals surface area contributed by atoms with E-state index in [9.17, 15) is 18.0 Å². The number of carbonyl (C=O) groups excluding carboxylic acids is 1. The number of likely N-dealkylation sites (tertiary alicyclic amines) is 1. The van der Waals surface area contributed by atoms with Crippen LogP contribution in [0.1, 0.15) is 31.7 Å². The molecule has 0 bridgehead atoms. The largest absolute Gasteiger partial charge is 0.418 e. The highest BCUT2D eigenvalue weighted by Gasteiger charge is 2.33. The molecule has 128 valence electrons. The molecule has 7 heteroatoms. The Morgan fingerprint density at radius 1 is 1.35 bits per heavy atom. The highest BCUT2D eigenvalue weighted by atomic mass is 35.5. The Hall–Kier alpha value is -1.43. The number of rotatable bonds is 4. The van der Waals surface area contributed by atoms with E-state index in [1.165, 1.54) is 12.1 Å². The predicted molar refractivity (Wildman–Crippen MR) is 84.5 cm³/mol. The summed E-state index contributed by atoms with van der Waals surface area (Å²) in [6.07, 6.45) is -2.35. The summed E-state index contributed by atoms with van der Waals surface area (Å²) in [4.78, 5) is 13.9. The Kier molecular flexibility index (Phi) is 5.79. The van der Waals surface area contributed by atoms with Gasteiger partial charge in [-0.1, -0.05) is 18.5 Å². The molecule has 0 radical (unpaired) electrons. The zero-order valence-electron chi connectivity index (χ0n) is 12.9. The van der Waals surface area contributed by atoms with Gasteiger partial charge in [0.05, 0.1) is 5.56 Å². The fraction of sp³-hybridized carbons (Fsp3) is 0.562. The summed E-state index contributed by atoms with van der Waals surface area (Å²) >= 11 is 5.63. The number of carbonyl (C=O) groups is 1. The molecule has 1 saturated heterocycles. The van der Waals surface area contributed by atoms with Crippen molar-refractivity contribution in [2.24, 2.45) is 5.92 Å². The predicted octanol–water partition coefficient (Wildman–Crippen LogP) is 4.42. The van der Waals surface area contributed by atoms with Crippen molar-refractivity contribution in [2.45, 2.75) is 32.4 Å². The molecule has 0 aromatic heterocycles. The number of halogens is 4. The first kappa shape index (κ1) is 17.9. The van der Waals surface area contributed by atoms with Gasteiger partial charge in [-0.15, -0.1) is 0 Å². The van der Waals surface area contributed by atoms with Crippen LogP contribution in [0.2, 0.25) is 5.02 Å². The second-order valence-corrected chi connectivity index (χ2v) is 6.36. The Labute approximate surface area is 138 Å². The Morgan fingerprint density at radius 2 is 2.00 bits per heavy atom. The zero-order chi connectivity index (χ0) is 17.0. The maximum absolute atomic E-state index is 13.0. The SMILES string of the molecule is CC1CCN(C(=O)CCNc2ccc(Cl)cc2C(F)(F)F)CC1. The average molecular weight is 349 g/mol. The lowest BCUT2D eigenvalue weighted by molar-refractivity contribution is -0.137. The van der Waals surface area contributed by atoms with Crippen LogP contribution < -0.4 is 5.32 Å². The first-order valence-electron chi connectivity index (χ1n) is 7.66. The number of anilines is 1. The molecule has 1 fully saturated rings. The van der Waals surface area contributed by atoms with Crippen molar-refractivity contribution in [3.05, 3.63) is 28.8 Å². The van der Waals surface area contributed by atoms with Crippen molar-refractivity contribution < 1.29 is 18.0 Å².